The van der Waals surface area contributed by atoms with E-state index in [0.717, 1.165) is 11.3 Å². The van der Waals surface area contributed by atoms with Crippen LogP contribution in [0.25, 0.3) is 0 Å². The topological polar surface area (TPSA) is 42.4 Å². The maximum absolute atomic E-state index is 13.5. The second-order valence-electron chi connectivity index (χ2n) is 4.93. The Balaban J connectivity index is 2.17. The molecule has 2 rings (SSSR count). The van der Waals surface area contributed by atoms with Crippen molar-refractivity contribution in [3.8, 4) is 5.88 Å². The molecule has 1 aromatic carbocycles. The van der Waals surface area contributed by atoms with Crippen molar-refractivity contribution in [2.45, 2.75) is 33.0 Å². The molecule has 3 nitrogen and oxygen atoms in total. The highest BCUT2D eigenvalue weighted by molar-refractivity contribution is 5.26. The Morgan fingerprint density at radius 3 is 2.65 bits per heavy atom. The van der Waals surface area contributed by atoms with E-state index in [9.17, 15) is 9.50 Å². The van der Waals surface area contributed by atoms with Gasteiger partial charge in [0.25, 0.3) is 0 Å². The first-order valence-corrected chi connectivity index (χ1v) is 6.58. The van der Waals surface area contributed by atoms with Gasteiger partial charge in [-0.3, -0.25) is 0 Å². The molecule has 0 unspecified atom stereocenters. The third-order valence-corrected chi connectivity index (χ3v) is 2.99. The van der Waals surface area contributed by atoms with Crippen molar-refractivity contribution in [3.05, 3.63) is 59.0 Å². The molecule has 0 aliphatic carbocycles. The number of nitrogens with zero attached hydrogens (tertiary/aromatic N) is 1. The molecule has 1 N–H and O–H groups in total. The predicted molar refractivity (Wildman–Crippen MR) is 75.0 cm³/mol. The summed E-state index contributed by atoms with van der Waals surface area (Å²) in [6.45, 7) is 4.08. The largest absolute Gasteiger partial charge is 0.473 e. The van der Waals surface area contributed by atoms with E-state index in [1.54, 1.807) is 24.3 Å². The number of rotatable bonds is 5. The minimum absolute atomic E-state index is 0.0711. The molecule has 0 radical (unpaired) electrons. The maximum atomic E-state index is 13.5. The number of hydrogen-bond acceptors (Lipinski definition) is 3. The second kappa shape index (κ2) is 6.48. The van der Waals surface area contributed by atoms with Crippen molar-refractivity contribution in [1.82, 2.24) is 4.98 Å². The summed E-state index contributed by atoms with van der Waals surface area (Å²) in [5, 5.41) is 9.25. The Bertz CT molecular complexity index is 584. The SMILES string of the molecule is CC(C)c1cc(CO)cc(OCc2ccccc2F)n1. The molecule has 2 aromatic rings. The lowest BCUT2D eigenvalue weighted by Crippen LogP contribution is -2.03. The highest BCUT2D eigenvalue weighted by Gasteiger charge is 2.08. The van der Waals surface area contributed by atoms with Gasteiger partial charge in [0, 0.05) is 17.3 Å². The Morgan fingerprint density at radius 1 is 1.25 bits per heavy atom. The molecule has 4 heteroatoms. The van der Waals surface area contributed by atoms with Crippen LogP contribution in [0.4, 0.5) is 4.39 Å². The first-order chi connectivity index (χ1) is 9.60. The fraction of sp³-hybridized carbons (Fsp3) is 0.312. The summed E-state index contributed by atoms with van der Waals surface area (Å²) in [5.74, 6) is 0.343. The van der Waals surface area contributed by atoms with Gasteiger partial charge >= 0.3 is 0 Å². The number of aliphatic hydroxyl groups excluding tert-OH is 1. The van der Waals surface area contributed by atoms with E-state index in [4.69, 9.17) is 4.74 Å². The zero-order valence-corrected chi connectivity index (χ0v) is 11.6. The standard InChI is InChI=1S/C16H18FNO2/c1-11(2)15-7-12(9-19)8-16(18-15)20-10-13-5-3-4-6-14(13)17/h3-8,11,19H,9-10H2,1-2H3. The number of benzene rings is 1. The van der Waals surface area contributed by atoms with E-state index in [1.165, 1.54) is 6.07 Å². The predicted octanol–water partition coefficient (Wildman–Crippen LogP) is 3.42. The molecule has 0 spiro atoms. The van der Waals surface area contributed by atoms with E-state index >= 15 is 0 Å². The van der Waals surface area contributed by atoms with Gasteiger partial charge in [-0.25, -0.2) is 9.37 Å². The van der Waals surface area contributed by atoms with Crippen LogP contribution in [0, 0.1) is 5.82 Å². The molecular weight excluding hydrogens is 257 g/mol. The smallest absolute Gasteiger partial charge is 0.214 e. The lowest BCUT2D eigenvalue weighted by Gasteiger charge is -2.11. The van der Waals surface area contributed by atoms with Crippen LogP contribution in [-0.2, 0) is 13.2 Å². The fourth-order valence-corrected chi connectivity index (χ4v) is 1.81. The van der Waals surface area contributed by atoms with Crippen molar-refractivity contribution in [1.29, 1.82) is 0 Å². The van der Waals surface area contributed by atoms with Gasteiger partial charge in [0.15, 0.2) is 0 Å². The zero-order chi connectivity index (χ0) is 14.5. The van der Waals surface area contributed by atoms with Crippen molar-refractivity contribution in [2.75, 3.05) is 0 Å². The summed E-state index contributed by atoms with van der Waals surface area (Å²) < 4.78 is 19.0. The molecule has 0 atom stereocenters. The molecule has 20 heavy (non-hydrogen) atoms. The van der Waals surface area contributed by atoms with Gasteiger partial charge in [0.2, 0.25) is 5.88 Å². The molecule has 0 saturated heterocycles. The van der Waals surface area contributed by atoms with Gasteiger partial charge in [-0.2, -0.15) is 0 Å². The minimum atomic E-state index is -0.296. The molecule has 0 saturated carbocycles. The Morgan fingerprint density at radius 2 is 2.00 bits per heavy atom. The van der Waals surface area contributed by atoms with Crippen molar-refractivity contribution in [3.63, 3.8) is 0 Å². The molecule has 0 bridgehead atoms. The number of halogens is 1. The van der Waals surface area contributed by atoms with Crippen LogP contribution in [0.15, 0.2) is 36.4 Å². The van der Waals surface area contributed by atoms with Gasteiger partial charge in [0.1, 0.15) is 12.4 Å². The van der Waals surface area contributed by atoms with Crippen molar-refractivity contribution >= 4 is 0 Å². The number of pyridine rings is 1. The van der Waals surface area contributed by atoms with Crippen LogP contribution in [0.2, 0.25) is 0 Å². The molecule has 0 amide bonds. The third-order valence-electron chi connectivity index (χ3n) is 2.99. The van der Waals surface area contributed by atoms with Crippen LogP contribution in [-0.4, -0.2) is 10.1 Å². The van der Waals surface area contributed by atoms with E-state index in [2.05, 4.69) is 4.98 Å². The molecule has 1 heterocycles. The average Bonchev–Trinajstić information content (AvgIpc) is 2.46. The monoisotopic (exact) mass is 275 g/mol. The Labute approximate surface area is 118 Å². The molecule has 0 aliphatic rings. The van der Waals surface area contributed by atoms with Gasteiger partial charge in [-0.05, 0) is 23.6 Å². The van der Waals surface area contributed by atoms with Crippen LogP contribution in [0.1, 0.15) is 36.6 Å². The van der Waals surface area contributed by atoms with Crippen molar-refractivity contribution in [2.24, 2.45) is 0 Å². The fourth-order valence-electron chi connectivity index (χ4n) is 1.81. The summed E-state index contributed by atoms with van der Waals surface area (Å²) in [6.07, 6.45) is 0. The third kappa shape index (κ3) is 3.54. The molecule has 0 aliphatic heterocycles. The summed E-state index contributed by atoms with van der Waals surface area (Å²) >= 11 is 0. The lowest BCUT2D eigenvalue weighted by molar-refractivity contribution is 0.272. The number of aliphatic hydroxyl groups is 1. The molecular formula is C16H18FNO2. The molecule has 106 valence electrons. The first-order valence-electron chi connectivity index (χ1n) is 6.58. The van der Waals surface area contributed by atoms with E-state index < -0.39 is 0 Å². The van der Waals surface area contributed by atoms with E-state index in [1.807, 2.05) is 19.9 Å². The maximum Gasteiger partial charge on any atom is 0.214 e. The lowest BCUT2D eigenvalue weighted by atomic mass is 10.1. The summed E-state index contributed by atoms with van der Waals surface area (Å²) in [6, 6.07) is 10.00. The number of aromatic nitrogens is 1. The van der Waals surface area contributed by atoms with Crippen LogP contribution in [0.3, 0.4) is 0 Å². The summed E-state index contributed by atoms with van der Waals surface area (Å²) in [4.78, 5) is 4.37. The zero-order valence-electron chi connectivity index (χ0n) is 11.6. The minimum Gasteiger partial charge on any atom is -0.473 e. The van der Waals surface area contributed by atoms with Crippen molar-refractivity contribution < 1.29 is 14.2 Å². The molecule has 1 aromatic heterocycles. The van der Waals surface area contributed by atoms with Gasteiger partial charge in [-0.1, -0.05) is 32.0 Å². The summed E-state index contributed by atoms with van der Waals surface area (Å²) in [5.41, 5.74) is 2.07. The van der Waals surface area contributed by atoms with Gasteiger partial charge in [0.05, 0.1) is 6.61 Å². The molecule has 0 fully saturated rings. The highest BCUT2D eigenvalue weighted by Crippen LogP contribution is 2.20. The second-order valence-corrected chi connectivity index (χ2v) is 4.93. The number of hydrogen-bond donors (Lipinski definition) is 1. The summed E-state index contributed by atoms with van der Waals surface area (Å²) in [7, 11) is 0. The highest BCUT2D eigenvalue weighted by atomic mass is 19.1. The quantitative estimate of drug-likeness (QED) is 0.909. The number of ether oxygens (including phenoxy) is 1. The first kappa shape index (κ1) is 14.5. The Kier molecular flexibility index (Phi) is 4.69. The van der Waals surface area contributed by atoms with Crippen LogP contribution in [0.5, 0.6) is 5.88 Å². The normalized spacial score (nSPS) is 10.8. The average molecular weight is 275 g/mol. The van der Waals surface area contributed by atoms with Gasteiger partial charge < -0.3 is 9.84 Å². The van der Waals surface area contributed by atoms with E-state index in [-0.39, 0.29) is 24.9 Å². The van der Waals surface area contributed by atoms with Gasteiger partial charge in [-0.15, -0.1) is 0 Å². The van der Waals surface area contributed by atoms with Crippen LogP contribution < -0.4 is 4.74 Å². The van der Waals surface area contributed by atoms with Crippen LogP contribution >= 0.6 is 0 Å². The Hall–Kier alpha value is -1.94. The van der Waals surface area contributed by atoms with E-state index in [0.29, 0.717) is 11.4 Å².